The van der Waals surface area contributed by atoms with Crippen molar-refractivity contribution in [2.45, 2.75) is 39.3 Å². The summed E-state index contributed by atoms with van der Waals surface area (Å²) in [7, 11) is 0. The number of carbonyl (C=O) groups excluding carboxylic acids is 2. The molecule has 1 saturated heterocycles. The Bertz CT molecular complexity index is 950. The summed E-state index contributed by atoms with van der Waals surface area (Å²) in [5, 5.41) is 6.62. The summed E-state index contributed by atoms with van der Waals surface area (Å²) in [6.07, 6.45) is 6.32. The van der Waals surface area contributed by atoms with Gasteiger partial charge in [0.1, 0.15) is 0 Å². The maximum atomic E-state index is 12.9. The van der Waals surface area contributed by atoms with E-state index in [2.05, 4.69) is 58.9 Å². The molecule has 2 aliphatic heterocycles. The number of aliphatic imine (C=N–C) groups is 1. The lowest BCUT2D eigenvalue weighted by molar-refractivity contribution is -0.140. The van der Waals surface area contributed by atoms with Gasteiger partial charge in [0.25, 0.3) is 0 Å². The van der Waals surface area contributed by atoms with Crippen LogP contribution in [0.5, 0.6) is 0 Å². The van der Waals surface area contributed by atoms with Gasteiger partial charge in [-0.15, -0.1) is 24.0 Å². The van der Waals surface area contributed by atoms with Crippen LogP contribution in [-0.2, 0) is 22.6 Å². The molecule has 0 spiro atoms. The summed E-state index contributed by atoms with van der Waals surface area (Å²) in [5.74, 6) is 1.06. The molecule has 34 heavy (non-hydrogen) atoms. The van der Waals surface area contributed by atoms with Gasteiger partial charge in [0.2, 0.25) is 11.8 Å². The number of hydrogen-bond donors (Lipinski definition) is 2. The summed E-state index contributed by atoms with van der Waals surface area (Å²) in [6, 6.07) is 9.01. The van der Waals surface area contributed by atoms with Crippen LogP contribution in [-0.4, -0.2) is 66.3 Å². The maximum Gasteiger partial charge on any atom is 0.233 e. The number of guanidine groups is 1. The minimum atomic E-state index is -0.120. The zero-order chi connectivity index (χ0) is 22.9. The molecular formula is C26H36IN5O2. The van der Waals surface area contributed by atoms with Crippen LogP contribution >= 0.6 is 24.0 Å². The zero-order valence-electron chi connectivity index (χ0n) is 20.1. The first-order chi connectivity index (χ1) is 16.1. The highest BCUT2D eigenvalue weighted by Crippen LogP contribution is 2.52. The number of likely N-dealkylation sites (tertiary alicyclic amines) is 1. The molecule has 2 N–H and O–H groups in total. The van der Waals surface area contributed by atoms with Crippen LogP contribution in [0, 0.1) is 23.7 Å². The molecule has 2 amide bonds. The van der Waals surface area contributed by atoms with Crippen molar-refractivity contribution in [3.8, 4) is 0 Å². The molecular weight excluding hydrogens is 541 g/mol. The van der Waals surface area contributed by atoms with Crippen molar-refractivity contribution in [2.75, 3.05) is 32.7 Å². The molecule has 0 radical (unpaired) electrons. The Morgan fingerprint density at radius 2 is 1.76 bits per heavy atom. The molecule has 2 heterocycles. The number of benzene rings is 1. The number of nitrogens with zero attached hydrogens (tertiary/aromatic N) is 3. The fourth-order valence-electron chi connectivity index (χ4n) is 6.04. The third-order valence-corrected chi connectivity index (χ3v) is 7.83. The largest absolute Gasteiger partial charge is 0.357 e. The van der Waals surface area contributed by atoms with Gasteiger partial charge in [-0.3, -0.25) is 24.4 Å². The molecule has 1 aromatic rings. The summed E-state index contributed by atoms with van der Waals surface area (Å²) in [6.45, 7) is 8.65. The minimum absolute atomic E-state index is 0. The van der Waals surface area contributed by atoms with E-state index in [1.807, 2.05) is 6.92 Å². The Morgan fingerprint density at radius 3 is 2.44 bits per heavy atom. The molecule has 2 bridgehead atoms. The van der Waals surface area contributed by atoms with Crippen molar-refractivity contribution in [1.82, 2.24) is 20.4 Å². The van der Waals surface area contributed by atoms with Gasteiger partial charge in [-0.2, -0.15) is 0 Å². The number of rotatable bonds is 7. The zero-order valence-corrected chi connectivity index (χ0v) is 22.4. The Kier molecular flexibility index (Phi) is 7.97. The standard InChI is InChI=1S/C26H35N5O2.HI/c1-3-27-26(29-15-17(2)30-12-10-18-6-4-5-7-21(18)16-30)28-11-13-31-24(32)22-19-8-9-20(14-19)23(22)25(31)33;/h4-9,17,19-20,22-23H,3,10-16H2,1-2H3,(H2,27,28,29);1H. The highest BCUT2D eigenvalue weighted by molar-refractivity contribution is 14.0. The molecule has 2 aliphatic carbocycles. The molecule has 184 valence electrons. The van der Waals surface area contributed by atoms with Gasteiger partial charge in [-0.25, -0.2) is 0 Å². The Labute approximate surface area is 219 Å². The second-order valence-electron chi connectivity index (χ2n) is 9.81. The predicted octanol–water partition coefficient (Wildman–Crippen LogP) is 2.41. The Hall–Kier alpha value is -1.94. The highest BCUT2D eigenvalue weighted by Gasteiger charge is 2.58. The lowest BCUT2D eigenvalue weighted by atomic mass is 9.85. The molecule has 5 atom stereocenters. The average Bonchev–Trinajstić information content (AvgIpc) is 3.51. The summed E-state index contributed by atoms with van der Waals surface area (Å²) in [5.41, 5.74) is 2.87. The lowest BCUT2D eigenvalue weighted by Gasteiger charge is -2.33. The summed E-state index contributed by atoms with van der Waals surface area (Å²) < 4.78 is 0. The van der Waals surface area contributed by atoms with Crippen molar-refractivity contribution in [3.63, 3.8) is 0 Å². The van der Waals surface area contributed by atoms with Gasteiger partial charge < -0.3 is 10.6 Å². The number of carbonyl (C=O) groups is 2. The number of amides is 2. The second kappa shape index (κ2) is 10.8. The first-order valence-electron chi connectivity index (χ1n) is 12.4. The first-order valence-corrected chi connectivity index (χ1v) is 12.4. The van der Waals surface area contributed by atoms with E-state index in [9.17, 15) is 9.59 Å². The molecule has 1 aromatic carbocycles. The number of halogens is 1. The van der Waals surface area contributed by atoms with Crippen molar-refractivity contribution in [3.05, 3.63) is 47.5 Å². The van der Waals surface area contributed by atoms with E-state index in [1.165, 1.54) is 16.0 Å². The topological polar surface area (TPSA) is 77.0 Å². The van der Waals surface area contributed by atoms with E-state index in [0.29, 0.717) is 25.7 Å². The van der Waals surface area contributed by atoms with Gasteiger partial charge in [0.15, 0.2) is 5.96 Å². The highest BCUT2D eigenvalue weighted by atomic mass is 127. The van der Waals surface area contributed by atoms with Crippen molar-refractivity contribution in [1.29, 1.82) is 0 Å². The third-order valence-electron chi connectivity index (χ3n) is 7.83. The Balaban J connectivity index is 0.00000274. The monoisotopic (exact) mass is 577 g/mol. The molecule has 2 fully saturated rings. The van der Waals surface area contributed by atoms with Crippen LogP contribution in [0.2, 0.25) is 0 Å². The summed E-state index contributed by atoms with van der Waals surface area (Å²) in [4.78, 5) is 34.5. The normalized spacial score (nSPS) is 28.5. The first kappa shape index (κ1) is 25.2. The number of hydrogen-bond acceptors (Lipinski definition) is 4. The van der Waals surface area contributed by atoms with Crippen LogP contribution in [0.15, 0.2) is 41.4 Å². The number of imide groups is 1. The van der Waals surface area contributed by atoms with E-state index < -0.39 is 0 Å². The molecule has 0 aromatic heterocycles. The third kappa shape index (κ3) is 4.76. The van der Waals surface area contributed by atoms with Gasteiger partial charge in [0, 0.05) is 38.8 Å². The Morgan fingerprint density at radius 1 is 1.09 bits per heavy atom. The smallest absolute Gasteiger partial charge is 0.233 e. The molecule has 5 unspecified atom stereocenters. The predicted molar refractivity (Wildman–Crippen MR) is 144 cm³/mol. The van der Waals surface area contributed by atoms with E-state index in [0.717, 1.165) is 38.4 Å². The number of nitrogens with one attached hydrogen (secondary N) is 2. The average molecular weight is 578 g/mol. The SMILES string of the molecule is CCNC(=NCC(C)N1CCc2ccccc2C1)NCCN1C(=O)C2C3C=CC(C3)C2C1=O.I. The van der Waals surface area contributed by atoms with Gasteiger partial charge in [-0.05, 0) is 49.7 Å². The maximum absolute atomic E-state index is 12.9. The minimum Gasteiger partial charge on any atom is -0.357 e. The fraction of sp³-hybridized carbons (Fsp3) is 0.577. The summed E-state index contributed by atoms with van der Waals surface area (Å²) >= 11 is 0. The van der Waals surface area contributed by atoms with E-state index in [4.69, 9.17) is 4.99 Å². The van der Waals surface area contributed by atoms with Gasteiger partial charge >= 0.3 is 0 Å². The number of allylic oxidation sites excluding steroid dienone is 2. The van der Waals surface area contributed by atoms with Gasteiger partial charge in [-0.1, -0.05) is 36.4 Å². The van der Waals surface area contributed by atoms with E-state index >= 15 is 0 Å². The van der Waals surface area contributed by atoms with Crippen LogP contribution in [0.3, 0.4) is 0 Å². The van der Waals surface area contributed by atoms with Crippen molar-refractivity contribution in [2.24, 2.45) is 28.7 Å². The van der Waals surface area contributed by atoms with E-state index in [-0.39, 0.29) is 59.5 Å². The van der Waals surface area contributed by atoms with Gasteiger partial charge in [0.05, 0.1) is 18.4 Å². The van der Waals surface area contributed by atoms with E-state index in [1.54, 1.807) is 0 Å². The molecule has 5 rings (SSSR count). The molecule has 7 nitrogen and oxygen atoms in total. The van der Waals surface area contributed by atoms with Crippen LogP contribution < -0.4 is 10.6 Å². The molecule has 8 heteroatoms. The van der Waals surface area contributed by atoms with Crippen LogP contribution in [0.1, 0.15) is 31.4 Å². The van der Waals surface area contributed by atoms with Crippen molar-refractivity contribution < 1.29 is 9.59 Å². The fourth-order valence-corrected chi connectivity index (χ4v) is 6.04. The van der Waals surface area contributed by atoms with Crippen LogP contribution in [0.25, 0.3) is 0 Å². The second-order valence-corrected chi connectivity index (χ2v) is 9.81. The van der Waals surface area contributed by atoms with Crippen LogP contribution in [0.4, 0.5) is 0 Å². The van der Waals surface area contributed by atoms with Crippen molar-refractivity contribution >= 4 is 41.8 Å². The number of fused-ring (bicyclic) bond motifs is 6. The molecule has 1 saturated carbocycles. The quantitative estimate of drug-likeness (QED) is 0.171. The molecule has 4 aliphatic rings. The lowest BCUT2D eigenvalue weighted by Crippen LogP contribution is -2.44.